The number of anilines is 1. The van der Waals surface area contributed by atoms with Gasteiger partial charge in [-0.1, -0.05) is 19.1 Å². The van der Waals surface area contributed by atoms with Gasteiger partial charge in [0.05, 0.1) is 6.54 Å². The van der Waals surface area contributed by atoms with Gasteiger partial charge in [0.25, 0.3) is 5.92 Å². The number of halogens is 2. The van der Waals surface area contributed by atoms with Crippen molar-refractivity contribution < 1.29 is 8.78 Å². The van der Waals surface area contributed by atoms with E-state index in [-0.39, 0.29) is 13.0 Å². The molecule has 0 radical (unpaired) electrons. The van der Waals surface area contributed by atoms with Crippen LogP contribution in [0.15, 0.2) is 24.3 Å². The molecule has 0 unspecified atom stereocenters. The van der Waals surface area contributed by atoms with Crippen LogP contribution < -0.4 is 4.90 Å². The van der Waals surface area contributed by atoms with Crippen molar-refractivity contribution in [2.45, 2.75) is 25.7 Å². The molecule has 1 nitrogen and oxygen atoms in total. The van der Waals surface area contributed by atoms with Gasteiger partial charge in [0.1, 0.15) is 0 Å². The van der Waals surface area contributed by atoms with Crippen LogP contribution >= 0.6 is 0 Å². The van der Waals surface area contributed by atoms with Crippen LogP contribution in [0.1, 0.15) is 18.9 Å². The second-order valence-corrected chi connectivity index (χ2v) is 4.05. The van der Waals surface area contributed by atoms with Gasteiger partial charge in [0, 0.05) is 18.7 Å². The molecule has 0 bridgehead atoms. The highest BCUT2D eigenvalue weighted by Gasteiger charge is 2.38. The summed E-state index contributed by atoms with van der Waals surface area (Å²) in [5.41, 5.74) is 2.15. The lowest BCUT2D eigenvalue weighted by Gasteiger charge is -2.18. The number of nitrogens with zero attached hydrogens (tertiary/aromatic N) is 1. The minimum Gasteiger partial charge on any atom is -0.365 e. The van der Waals surface area contributed by atoms with E-state index in [9.17, 15) is 8.78 Å². The molecule has 1 aromatic rings. The summed E-state index contributed by atoms with van der Waals surface area (Å²) in [7, 11) is 0. The Labute approximate surface area is 88.7 Å². The molecule has 1 aromatic carbocycles. The third kappa shape index (κ3) is 2.28. The fourth-order valence-corrected chi connectivity index (χ4v) is 1.90. The van der Waals surface area contributed by atoms with Gasteiger partial charge in [-0.3, -0.25) is 0 Å². The molecule has 82 valence electrons. The minimum atomic E-state index is -2.51. The number of hydrogen-bond acceptors (Lipinski definition) is 1. The van der Waals surface area contributed by atoms with Crippen LogP contribution in [-0.2, 0) is 6.42 Å². The Hall–Kier alpha value is -1.12. The van der Waals surface area contributed by atoms with Gasteiger partial charge in [-0.05, 0) is 24.1 Å². The zero-order chi connectivity index (χ0) is 10.9. The molecule has 0 aromatic heterocycles. The van der Waals surface area contributed by atoms with Crippen LogP contribution in [0.25, 0.3) is 0 Å². The molecular formula is C12H15F2N. The second kappa shape index (κ2) is 3.80. The molecule has 2 rings (SSSR count). The van der Waals surface area contributed by atoms with E-state index < -0.39 is 5.92 Å². The van der Waals surface area contributed by atoms with Gasteiger partial charge in [-0.25, -0.2) is 8.78 Å². The van der Waals surface area contributed by atoms with Crippen LogP contribution in [0.4, 0.5) is 14.5 Å². The fraction of sp³-hybridized carbons (Fsp3) is 0.500. The van der Waals surface area contributed by atoms with E-state index in [4.69, 9.17) is 0 Å². The lowest BCUT2D eigenvalue weighted by atomic mass is 10.1. The first-order valence-electron chi connectivity index (χ1n) is 5.32. The highest BCUT2D eigenvalue weighted by Crippen LogP contribution is 2.30. The number of alkyl halides is 2. The summed E-state index contributed by atoms with van der Waals surface area (Å²) in [5, 5.41) is 0. The Bertz CT molecular complexity index is 332. The average Bonchev–Trinajstić information content (AvgIpc) is 2.59. The largest absolute Gasteiger partial charge is 0.365 e. The SMILES string of the molecule is CCc1ccc(N2CCC(F)(F)C2)cc1. The van der Waals surface area contributed by atoms with E-state index in [0.717, 1.165) is 12.1 Å². The van der Waals surface area contributed by atoms with Crippen molar-refractivity contribution in [3.63, 3.8) is 0 Å². The topological polar surface area (TPSA) is 3.24 Å². The number of rotatable bonds is 2. The minimum absolute atomic E-state index is 0.0253. The van der Waals surface area contributed by atoms with Gasteiger partial charge in [-0.15, -0.1) is 0 Å². The maximum atomic E-state index is 13.0. The van der Waals surface area contributed by atoms with Crippen LogP contribution in [0, 0.1) is 0 Å². The molecule has 0 amide bonds. The molecule has 1 fully saturated rings. The van der Waals surface area contributed by atoms with Crippen molar-refractivity contribution in [1.82, 2.24) is 0 Å². The van der Waals surface area contributed by atoms with Crippen molar-refractivity contribution in [2.24, 2.45) is 0 Å². The summed E-state index contributed by atoms with van der Waals surface area (Å²) in [6, 6.07) is 7.87. The first-order chi connectivity index (χ1) is 7.11. The Morgan fingerprint density at radius 3 is 2.40 bits per heavy atom. The summed E-state index contributed by atoms with van der Waals surface area (Å²) < 4.78 is 26.0. The first kappa shape index (κ1) is 10.4. The molecule has 15 heavy (non-hydrogen) atoms. The summed E-state index contributed by atoms with van der Waals surface area (Å²) in [4.78, 5) is 1.75. The van der Waals surface area contributed by atoms with Crippen molar-refractivity contribution in [3.05, 3.63) is 29.8 Å². The van der Waals surface area contributed by atoms with Crippen molar-refractivity contribution >= 4 is 5.69 Å². The Morgan fingerprint density at radius 2 is 1.93 bits per heavy atom. The molecule has 0 aliphatic carbocycles. The van der Waals surface area contributed by atoms with E-state index in [1.807, 2.05) is 24.3 Å². The van der Waals surface area contributed by atoms with Crippen LogP contribution in [0.3, 0.4) is 0 Å². The molecule has 0 atom stereocenters. The lowest BCUT2D eigenvalue weighted by Crippen LogP contribution is -2.24. The average molecular weight is 211 g/mol. The van der Waals surface area contributed by atoms with E-state index in [0.29, 0.717) is 6.54 Å². The van der Waals surface area contributed by atoms with E-state index in [2.05, 4.69) is 6.92 Å². The summed E-state index contributed by atoms with van der Waals surface area (Å²) in [6.07, 6.45) is 0.957. The predicted octanol–water partition coefficient (Wildman–Crippen LogP) is 3.09. The van der Waals surface area contributed by atoms with E-state index in [1.54, 1.807) is 4.90 Å². The highest BCUT2D eigenvalue weighted by atomic mass is 19.3. The Kier molecular flexibility index (Phi) is 2.63. The van der Waals surface area contributed by atoms with E-state index >= 15 is 0 Å². The quantitative estimate of drug-likeness (QED) is 0.726. The summed E-state index contributed by atoms with van der Waals surface area (Å²) in [6.45, 7) is 2.40. The maximum Gasteiger partial charge on any atom is 0.266 e. The monoisotopic (exact) mass is 211 g/mol. The van der Waals surface area contributed by atoms with Crippen molar-refractivity contribution in [2.75, 3.05) is 18.0 Å². The fourth-order valence-electron chi connectivity index (χ4n) is 1.90. The normalized spacial score (nSPS) is 19.5. The molecule has 0 saturated carbocycles. The Morgan fingerprint density at radius 1 is 1.27 bits per heavy atom. The van der Waals surface area contributed by atoms with Gasteiger partial charge in [0.2, 0.25) is 0 Å². The second-order valence-electron chi connectivity index (χ2n) is 4.05. The predicted molar refractivity (Wildman–Crippen MR) is 57.6 cm³/mol. The van der Waals surface area contributed by atoms with Gasteiger partial charge < -0.3 is 4.90 Å². The molecule has 1 heterocycles. The molecule has 1 aliphatic heterocycles. The van der Waals surface area contributed by atoms with Gasteiger partial charge in [-0.2, -0.15) is 0 Å². The molecular weight excluding hydrogens is 196 g/mol. The smallest absolute Gasteiger partial charge is 0.266 e. The first-order valence-corrected chi connectivity index (χ1v) is 5.32. The molecule has 0 N–H and O–H groups in total. The van der Waals surface area contributed by atoms with Crippen molar-refractivity contribution in [1.29, 1.82) is 0 Å². The molecule has 1 saturated heterocycles. The molecule has 3 heteroatoms. The van der Waals surface area contributed by atoms with Crippen LogP contribution in [0.2, 0.25) is 0 Å². The number of benzene rings is 1. The molecule has 1 aliphatic rings. The van der Waals surface area contributed by atoms with Crippen molar-refractivity contribution in [3.8, 4) is 0 Å². The number of hydrogen-bond donors (Lipinski definition) is 0. The Balaban J connectivity index is 2.11. The molecule has 0 spiro atoms. The standard InChI is InChI=1S/C12H15F2N/c1-2-10-3-5-11(6-4-10)15-8-7-12(13,14)9-15/h3-6H,2,7-9H2,1H3. The van der Waals surface area contributed by atoms with Gasteiger partial charge in [0.15, 0.2) is 0 Å². The lowest BCUT2D eigenvalue weighted by molar-refractivity contribution is 0.0257. The van der Waals surface area contributed by atoms with Gasteiger partial charge >= 0.3 is 0 Å². The zero-order valence-electron chi connectivity index (χ0n) is 8.84. The third-order valence-electron chi connectivity index (χ3n) is 2.88. The number of aryl methyl sites for hydroxylation is 1. The summed E-state index contributed by atoms with van der Waals surface area (Å²) >= 11 is 0. The van der Waals surface area contributed by atoms with Crippen LogP contribution in [0.5, 0.6) is 0 Å². The maximum absolute atomic E-state index is 13.0. The summed E-state index contributed by atoms with van der Waals surface area (Å²) in [5.74, 6) is -2.51. The highest BCUT2D eigenvalue weighted by molar-refractivity contribution is 5.49. The zero-order valence-corrected chi connectivity index (χ0v) is 8.84. The van der Waals surface area contributed by atoms with Crippen LogP contribution in [-0.4, -0.2) is 19.0 Å². The van der Waals surface area contributed by atoms with E-state index in [1.165, 1.54) is 5.56 Å². The third-order valence-corrected chi connectivity index (χ3v) is 2.88.